The zero-order valence-electron chi connectivity index (χ0n) is 22.2. The van der Waals surface area contributed by atoms with Crippen molar-refractivity contribution in [3.05, 3.63) is 89.0 Å². The first-order chi connectivity index (χ1) is 19.0. The molecule has 202 valence electrons. The number of hydrogen-bond acceptors (Lipinski definition) is 4. The first-order valence-corrected chi connectivity index (χ1v) is 15.5. The summed E-state index contributed by atoms with van der Waals surface area (Å²) in [4.78, 5) is 33.4. The Morgan fingerprint density at radius 2 is 1.79 bits per heavy atom. The molecule has 0 radical (unpaired) electrons. The molecule has 1 N–H and O–H groups in total. The Labute approximate surface area is 232 Å². The van der Waals surface area contributed by atoms with Crippen LogP contribution >= 0.6 is 10.9 Å². The van der Waals surface area contributed by atoms with Crippen LogP contribution in [0, 0.1) is 11.8 Å². The Balaban J connectivity index is 1.15. The number of thiol groups is 1. The van der Waals surface area contributed by atoms with E-state index in [1.165, 1.54) is 10.6 Å². The molecule has 1 unspecified atom stereocenters. The van der Waals surface area contributed by atoms with Gasteiger partial charge in [-0.05, 0) is 73.6 Å². The van der Waals surface area contributed by atoms with E-state index in [0.29, 0.717) is 42.7 Å². The second-order valence-electron chi connectivity index (χ2n) is 10.8. The molecular weight excluding hydrogens is 508 g/mol. The zero-order valence-corrected chi connectivity index (χ0v) is 23.1. The Morgan fingerprint density at radius 3 is 2.56 bits per heavy atom. The van der Waals surface area contributed by atoms with Crippen molar-refractivity contribution < 1.29 is 19.4 Å². The molecule has 0 bridgehead atoms. The number of anilines is 1. The summed E-state index contributed by atoms with van der Waals surface area (Å²) in [6.07, 6.45) is 7.33. The van der Waals surface area contributed by atoms with Crippen molar-refractivity contribution in [3.63, 3.8) is 0 Å². The molecular formula is C32H34N2O4S. The van der Waals surface area contributed by atoms with Gasteiger partial charge in [0.25, 0.3) is 5.91 Å². The first kappa shape index (κ1) is 25.8. The van der Waals surface area contributed by atoms with Gasteiger partial charge >= 0.3 is 5.97 Å². The third-order valence-corrected chi connectivity index (χ3v) is 10.6. The number of hydrogen-bond donors (Lipinski definition) is 2. The van der Waals surface area contributed by atoms with Crippen molar-refractivity contribution in [1.29, 1.82) is 0 Å². The van der Waals surface area contributed by atoms with Gasteiger partial charge in [-0.1, -0.05) is 48.5 Å². The average molecular weight is 543 g/mol. The number of benzene rings is 3. The minimum Gasteiger partial charge on any atom is -0.478 e. The standard InChI is InChI=1S/C32H34N2O4S/c1-39-29-18-28(34-16-15-23-9-5-6-10-25(23)31(34)35)26(32(36)37)17-27(29)33-30(39)24-13-11-22(12-14-24)20-38-19-21-7-3-2-4-8-21/h2-10,17-18,22,24,39H,11-16,19-20H2,1H3,(H,36,37). The van der Waals surface area contributed by atoms with Crippen molar-refractivity contribution in [2.45, 2.75) is 43.6 Å². The lowest BCUT2D eigenvalue weighted by molar-refractivity contribution is 0.0697. The molecule has 1 saturated carbocycles. The lowest BCUT2D eigenvalue weighted by Gasteiger charge is -2.31. The summed E-state index contributed by atoms with van der Waals surface area (Å²) in [5.41, 5.74) is 4.27. The van der Waals surface area contributed by atoms with E-state index in [2.05, 4.69) is 18.4 Å². The number of carboxylic acid groups (broad SMARTS) is 1. The molecule has 6 rings (SSSR count). The molecule has 0 spiro atoms. The van der Waals surface area contributed by atoms with Crippen molar-refractivity contribution >= 4 is 39.2 Å². The van der Waals surface area contributed by atoms with E-state index in [4.69, 9.17) is 9.73 Å². The number of amides is 1. The summed E-state index contributed by atoms with van der Waals surface area (Å²) in [7, 11) is -0.671. The first-order valence-electron chi connectivity index (χ1n) is 13.7. The van der Waals surface area contributed by atoms with E-state index in [9.17, 15) is 14.7 Å². The van der Waals surface area contributed by atoms with Gasteiger partial charge in [-0.3, -0.25) is 4.79 Å². The maximum atomic E-state index is 13.4. The number of carbonyl (C=O) groups is 2. The topological polar surface area (TPSA) is 79.2 Å². The highest BCUT2D eigenvalue weighted by molar-refractivity contribution is 8.30. The molecule has 3 aromatic rings. The fraction of sp³-hybridized carbons (Fsp3) is 0.344. The van der Waals surface area contributed by atoms with E-state index >= 15 is 0 Å². The van der Waals surface area contributed by atoms with Crippen LogP contribution in [-0.2, 0) is 17.8 Å². The molecule has 3 aliphatic rings. The van der Waals surface area contributed by atoms with Crippen LogP contribution in [0.25, 0.3) is 0 Å². The van der Waals surface area contributed by atoms with Crippen molar-refractivity contribution in [1.82, 2.24) is 0 Å². The summed E-state index contributed by atoms with van der Waals surface area (Å²) in [6.45, 7) is 1.91. The van der Waals surface area contributed by atoms with Crippen molar-refractivity contribution in [2.75, 3.05) is 24.3 Å². The van der Waals surface area contributed by atoms with Crippen molar-refractivity contribution in [2.24, 2.45) is 16.8 Å². The molecule has 0 aromatic heterocycles. The number of nitrogens with zero attached hydrogens (tertiary/aromatic N) is 2. The summed E-state index contributed by atoms with van der Waals surface area (Å²) in [5.74, 6) is -0.180. The predicted molar refractivity (Wildman–Crippen MR) is 157 cm³/mol. The molecule has 7 heteroatoms. The van der Waals surface area contributed by atoms with Gasteiger partial charge in [-0.25, -0.2) is 9.79 Å². The van der Waals surface area contributed by atoms with E-state index in [1.807, 2.05) is 48.5 Å². The van der Waals surface area contributed by atoms with Gasteiger partial charge in [-0.2, -0.15) is 10.9 Å². The highest BCUT2D eigenvalue weighted by Gasteiger charge is 2.34. The fourth-order valence-electron chi connectivity index (χ4n) is 6.17. The second kappa shape index (κ2) is 11.0. The normalized spacial score (nSPS) is 23.2. The van der Waals surface area contributed by atoms with Crippen LogP contribution in [0.5, 0.6) is 0 Å². The molecule has 2 aliphatic heterocycles. The molecule has 1 atom stereocenters. The molecule has 1 amide bonds. The van der Waals surface area contributed by atoms with E-state index in [-0.39, 0.29) is 11.5 Å². The Morgan fingerprint density at radius 1 is 1.05 bits per heavy atom. The lowest BCUT2D eigenvalue weighted by Crippen LogP contribution is -2.38. The number of carboxylic acids is 1. The number of rotatable bonds is 7. The Kier molecular flexibility index (Phi) is 7.28. The van der Waals surface area contributed by atoms with Gasteiger partial charge in [0.1, 0.15) is 0 Å². The Hall–Kier alpha value is -3.42. The molecule has 1 fully saturated rings. The maximum absolute atomic E-state index is 13.4. The van der Waals surface area contributed by atoms with Crippen LogP contribution in [0.15, 0.2) is 76.6 Å². The molecule has 1 aliphatic carbocycles. The number of aromatic carboxylic acids is 1. The maximum Gasteiger partial charge on any atom is 0.337 e. The molecule has 3 aromatic carbocycles. The number of ether oxygens (including phenoxy) is 1. The van der Waals surface area contributed by atoms with E-state index in [0.717, 1.165) is 48.4 Å². The van der Waals surface area contributed by atoms with Crippen LogP contribution in [0.4, 0.5) is 11.4 Å². The van der Waals surface area contributed by atoms with Crippen LogP contribution in [0.2, 0.25) is 0 Å². The fourth-order valence-corrected chi connectivity index (χ4v) is 8.25. The van der Waals surface area contributed by atoms with Gasteiger partial charge in [0, 0.05) is 29.5 Å². The number of carbonyl (C=O) groups excluding carboxylic acids is 1. The summed E-state index contributed by atoms with van der Waals surface area (Å²) in [5, 5.41) is 11.3. The number of fused-ring (bicyclic) bond motifs is 2. The minimum atomic E-state index is -1.03. The van der Waals surface area contributed by atoms with Gasteiger partial charge in [0.2, 0.25) is 0 Å². The second-order valence-corrected chi connectivity index (χ2v) is 12.8. The number of aliphatic imine (C=N–C) groups is 1. The van der Waals surface area contributed by atoms with Crippen LogP contribution < -0.4 is 4.90 Å². The average Bonchev–Trinajstić information content (AvgIpc) is 3.29. The van der Waals surface area contributed by atoms with Gasteiger partial charge < -0.3 is 14.7 Å². The largest absolute Gasteiger partial charge is 0.478 e. The van der Waals surface area contributed by atoms with Crippen molar-refractivity contribution in [3.8, 4) is 0 Å². The predicted octanol–water partition coefficient (Wildman–Crippen LogP) is 6.64. The summed E-state index contributed by atoms with van der Waals surface area (Å²) in [6, 6.07) is 21.5. The molecule has 0 saturated heterocycles. The van der Waals surface area contributed by atoms with Crippen LogP contribution in [-0.4, -0.2) is 41.4 Å². The third-order valence-electron chi connectivity index (χ3n) is 8.33. The van der Waals surface area contributed by atoms with E-state index in [1.54, 1.807) is 11.0 Å². The lowest BCUT2D eigenvalue weighted by atomic mass is 9.83. The minimum absolute atomic E-state index is 0.133. The smallest absolute Gasteiger partial charge is 0.337 e. The molecule has 2 heterocycles. The highest BCUT2D eigenvalue weighted by Crippen LogP contribution is 2.53. The summed E-state index contributed by atoms with van der Waals surface area (Å²) < 4.78 is 6.01. The van der Waals surface area contributed by atoms with Gasteiger partial charge in [-0.15, -0.1) is 0 Å². The van der Waals surface area contributed by atoms with Gasteiger partial charge in [0.05, 0.1) is 28.6 Å². The SMILES string of the molecule is C[SH]1C(C2CCC(COCc3ccccc3)CC2)=Nc2cc(C(=O)O)c(N3CCc4ccccc4C3=O)cc21. The Bertz CT molecular complexity index is 1430. The summed E-state index contributed by atoms with van der Waals surface area (Å²) >= 11 is 0. The third kappa shape index (κ3) is 5.13. The van der Waals surface area contributed by atoms with Gasteiger partial charge in [0.15, 0.2) is 0 Å². The molecule has 6 nitrogen and oxygen atoms in total. The van der Waals surface area contributed by atoms with Crippen LogP contribution in [0.3, 0.4) is 0 Å². The van der Waals surface area contributed by atoms with E-state index < -0.39 is 16.9 Å². The monoisotopic (exact) mass is 542 g/mol. The molecule has 39 heavy (non-hydrogen) atoms. The quantitative estimate of drug-likeness (QED) is 0.328. The highest BCUT2D eigenvalue weighted by atomic mass is 32.2. The zero-order chi connectivity index (χ0) is 26.9. The van der Waals surface area contributed by atoms with Crippen LogP contribution in [0.1, 0.15) is 57.5 Å².